The van der Waals surface area contributed by atoms with Crippen molar-refractivity contribution in [1.82, 2.24) is 4.90 Å². The van der Waals surface area contributed by atoms with Gasteiger partial charge in [0.15, 0.2) is 0 Å². The number of nitrogens with one attached hydrogen (secondary N) is 1. The van der Waals surface area contributed by atoms with Gasteiger partial charge in [-0.3, -0.25) is 9.69 Å². The highest BCUT2D eigenvalue weighted by Crippen LogP contribution is 2.27. The Morgan fingerprint density at radius 2 is 1.96 bits per heavy atom. The zero-order valence-corrected chi connectivity index (χ0v) is 14.8. The van der Waals surface area contributed by atoms with Crippen LogP contribution in [-0.4, -0.2) is 38.1 Å². The Bertz CT molecular complexity index is 662. The molecule has 4 nitrogen and oxygen atoms in total. The van der Waals surface area contributed by atoms with Crippen LogP contribution in [0, 0.1) is 0 Å². The van der Waals surface area contributed by atoms with E-state index in [-0.39, 0.29) is 5.91 Å². The van der Waals surface area contributed by atoms with Gasteiger partial charge >= 0.3 is 0 Å². The molecule has 0 spiro atoms. The standard InChI is InChI=1S/C19H23ClN2O2/c1-22(12-6-9-15-7-4-3-5-8-15)14-19(23)21-17-13-16(20)10-11-18(17)24-2/h3-5,7-8,10-11,13H,6,9,12,14H2,1-2H3,(H,21,23). The first kappa shape index (κ1) is 18.3. The van der Waals surface area contributed by atoms with E-state index in [0.717, 1.165) is 19.4 Å². The highest BCUT2D eigenvalue weighted by molar-refractivity contribution is 6.31. The van der Waals surface area contributed by atoms with Crippen molar-refractivity contribution in [2.75, 3.05) is 32.6 Å². The van der Waals surface area contributed by atoms with Gasteiger partial charge in [0.05, 0.1) is 19.3 Å². The summed E-state index contributed by atoms with van der Waals surface area (Å²) < 4.78 is 5.23. The number of benzene rings is 2. The lowest BCUT2D eigenvalue weighted by Crippen LogP contribution is -2.31. The number of ether oxygens (including phenoxy) is 1. The smallest absolute Gasteiger partial charge is 0.238 e. The first-order valence-electron chi connectivity index (χ1n) is 7.94. The van der Waals surface area contributed by atoms with Gasteiger partial charge in [-0.15, -0.1) is 0 Å². The summed E-state index contributed by atoms with van der Waals surface area (Å²) in [5.74, 6) is 0.511. The summed E-state index contributed by atoms with van der Waals surface area (Å²) >= 11 is 5.97. The van der Waals surface area contributed by atoms with Crippen molar-refractivity contribution < 1.29 is 9.53 Å². The van der Waals surface area contributed by atoms with Gasteiger partial charge in [0.1, 0.15) is 5.75 Å². The molecule has 2 rings (SSSR count). The molecular formula is C19H23ClN2O2. The van der Waals surface area contributed by atoms with E-state index in [1.165, 1.54) is 5.56 Å². The number of hydrogen-bond acceptors (Lipinski definition) is 3. The fourth-order valence-corrected chi connectivity index (χ4v) is 2.66. The lowest BCUT2D eigenvalue weighted by atomic mass is 10.1. The number of methoxy groups -OCH3 is 1. The van der Waals surface area contributed by atoms with Gasteiger partial charge in [-0.1, -0.05) is 41.9 Å². The SMILES string of the molecule is COc1ccc(Cl)cc1NC(=O)CN(C)CCCc1ccccc1. The Morgan fingerprint density at radius 1 is 1.21 bits per heavy atom. The van der Waals surface area contributed by atoms with E-state index in [1.807, 2.05) is 30.1 Å². The summed E-state index contributed by atoms with van der Waals surface area (Å²) in [6.45, 7) is 1.18. The van der Waals surface area contributed by atoms with E-state index in [0.29, 0.717) is 23.0 Å². The average Bonchev–Trinajstić information content (AvgIpc) is 2.56. The number of carbonyl (C=O) groups excluding carboxylic acids is 1. The third-order valence-corrected chi connectivity index (χ3v) is 3.93. The quantitative estimate of drug-likeness (QED) is 0.789. The predicted molar refractivity (Wildman–Crippen MR) is 98.9 cm³/mol. The normalized spacial score (nSPS) is 10.7. The summed E-state index contributed by atoms with van der Waals surface area (Å²) in [5.41, 5.74) is 1.91. The summed E-state index contributed by atoms with van der Waals surface area (Å²) in [4.78, 5) is 14.2. The van der Waals surface area contributed by atoms with Crippen LogP contribution in [0.1, 0.15) is 12.0 Å². The molecule has 0 radical (unpaired) electrons. The van der Waals surface area contributed by atoms with Crippen LogP contribution in [0.2, 0.25) is 5.02 Å². The van der Waals surface area contributed by atoms with Crippen LogP contribution < -0.4 is 10.1 Å². The molecule has 0 saturated carbocycles. The number of halogens is 1. The van der Waals surface area contributed by atoms with Crippen molar-refractivity contribution in [1.29, 1.82) is 0 Å². The Balaban J connectivity index is 1.78. The average molecular weight is 347 g/mol. The maximum atomic E-state index is 12.2. The molecule has 0 fully saturated rings. The third-order valence-electron chi connectivity index (χ3n) is 3.70. The molecule has 0 aliphatic rings. The van der Waals surface area contributed by atoms with Crippen LogP contribution in [0.15, 0.2) is 48.5 Å². The minimum absolute atomic E-state index is 0.0854. The van der Waals surface area contributed by atoms with Gasteiger partial charge in [-0.25, -0.2) is 0 Å². The number of anilines is 1. The van der Waals surface area contributed by atoms with E-state index >= 15 is 0 Å². The minimum atomic E-state index is -0.0854. The first-order valence-corrected chi connectivity index (χ1v) is 8.32. The van der Waals surface area contributed by atoms with E-state index in [4.69, 9.17) is 16.3 Å². The van der Waals surface area contributed by atoms with Crippen molar-refractivity contribution in [3.63, 3.8) is 0 Å². The number of amides is 1. The van der Waals surface area contributed by atoms with Crippen molar-refractivity contribution >= 4 is 23.2 Å². The third kappa shape index (κ3) is 5.87. The molecule has 128 valence electrons. The molecule has 5 heteroatoms. The van der Waals surface area contributed by atoms with Crippen LogP contribution in [0.25, 0.3) is 0 Å². The van der Waals surface area contributed by atoms with Crippen molar-refractivity contribution in [2.45, 2.75) is 12.8 Å². The lowest BCUT2D eigenvalue weighted by Gasteiger charge is -2.17. The molecule has 0 unspecified atom stereocenters. The fraction of sp³-hybridized carbons (Fsp3) is 0.316. The first-order chi connectivity index (χ1) is 11.6. The van der Waals surface area contributed by atoms with Crippen LogP contribution in [-0.2, 0) is 11.2 Å². The fourth-order valence-electron chi connectivity index (χ4n) is 2.49. The summed E-state index contributed by atoms with van der Waals surface area (Å²) in [7, 11) is 3.51. The molecule has 0 bridgehead atoms. The lowest BCUT2D eigenvalue weighted by molar-refractivity contribution is -0.117. The molecule has 0 aromatic heterocycles. The minimum Gasteiger partial charge on any atom is -0.495 e. The molecular weight excluding hydrogens is 324 g/mol. The van der Waals surface area contributed by atoms with Gasteiger partial charge in [-0.05, 0) is 50.2 Å². The van der Waals surface area contributed by atoms with Crippen LogP contribution in [0.3, 0.4) is 0 Å². The van der Waals surface area contributed by atoms with Crippen molar-refractivity contribution in [2.24, 2.45) is 0 Å². The van der Waals surface area contributed by atoms with Crippen LogP contribution in [0.5, 0.6) is 5.75 Å². The summed E-state index contributed by atoms with van der Waals surface area (Å²) in [6.07, 6.45) is 2.02. The molecule has 0 heterocycles. The van der Waals surface area contributed by atoms with E-state index in [2.05, 4.69) is 17.4 Å². The van der Waals surface area contributed by atoms with Gasteiger partial charge in [0.2, 0.25) is 5.91 Å². The van der Waals surface area contributed by atoms with E-state index in [9.17, 15) is 4.79 Å². The molecule has 1 amide bonds. The van der Waals surface area contributed by atoms with Crippen LogP contribution >= 0.6 is 11.6 Å². The number of hydrogen-bond donors (Lipinski definition) is 1. The largest absolute Gasteiger partial charge is 0.495 e. The molecule has 2 aromatic rings. The predicted octanol–water partition coefficient (Wildman–Crippen LogP) is 3.85. The second-order valence-electron chi connectivity index (χ2n) is 5.72. The molecule has 0 aliphatic heterocycles. The molecule has 24 heavy (non-hydrogen) atoms. The Labute approximate surface area is 148 Å². The van der Waals surface area contributed by atoms with Crippen LogP contribution in [0.4, 0.5) is 5.69 Å². The number of rotatable bonds is 8. The number of nitrogens with zero attached hydrogens (tertiary/aromatic N) is 1. The molecule has 0 aliphatic carbocycles. The Morgan fingerprint density at radius 3 is 2.67 bits per heavy atom. The molecule has 2 aromatic carbocycles. The van der Waals surface area contributed by atoms with Crippen molar-refractivity contribution in [3.8, 4) is 5.75 Å². The maximum absolute atomic E-state index is 12.2. The topological polar surface area (TPSA) is 41.6 Å². The van der Waals surface area contributed by atoms with E-state index in [1.54, 1.807) is 25.3 Å². The summed E-state index contributed by atoms with van der Waals surface area (Å²) in [6, 6.07) is 15.5. The van der Waals surface area contributed by atoms with Gasteiger partial charge in [0, 0.05) is 5.02 Å². The number of likely N-dealkylation sites (N-methyl/N-ethyl adjacent to an activating group) is 1. The monoisotopic (exact) mass is 346 g/mol. The summed E-state index contributed by atoms with van der Waals surface area (Å²) in [5, 5.41) is 3.41. The van der Waals surface area contributed by atoms with Crippen molar-refractivity contribution in [3.05, 3.63) is 59.1 Å². The molecule has 0 atom stereocenters. The highest BCUT2D eigenvalue weighted by Gasteiger charge is 2.10. The van der Waals surface area contributed by atoms with Gasteiger partial charge in [-0.2, -0.15) is 0 Å². The highest BCUT2D eigenvalue weighted by atomic mass is 35.5. The number of aryl methyl sites for hydroxylation is 1. The zero-order valence-electron chi connectivity index (χ0n) is 14.1. The second-order valence-corrected chi connectivity index (χ2v) is 6.16. The zero-order chi connectivity index (χ0) is 17.4. The number of carbonyl (C=O) groups is 1. The Kier molecular flexibility index (Phi) is 7.09. The van der Waals surface area contributed by atoms with Gasteiger partial charge in [0.25, 0.3) is 0 Å². The van der Waals surface area contributed by atoms with E-state index < -0.39 is 0 Å². The maximum Gasteiger partial charge on any atom is 0.238 e. The van der Waals surface area contributed by atoms with Gasteiger partial charge < -0.3 is 10.1 Å². The second kappa shape index (κ2) is 9.30. The Hall–Kier alpha value is -2.04. The molecule has 1 N–H and O–H groups in total. The molecule has 0 saturated heterocycles.